The third kappa shape index (κ3) is 3.30. The van der Waals surface area contributed by atoms with Crippen molar-refractivity contribution < 1.29 is 4.79 Å². The molecule has 0 amide bonds. The van der Waals surface area contributed by atoms with Crippen molar-refractivity contribution in [3.63, 3.8) is 0 Å². The summed E-state index contributed by atoms with van der Waals surface area (Å²) in [5, 5.41) is 18.8. The predicted molar refractivity (Wildman–Crippen MR) is 71.5 cm³/mol. The van der Waals surface area contributed by atoms with E-state index in [2.05, 4.69) is 10.2 Å². The minimum absolute atomic E-state index is 0.147. The average molecular weight is 270 g/mol. The number of hydrogen-bond acceptors (Lipinski definition) is 5. The van der Waals surface area contributed by atoms with Gasteiger partial charge in [0.2, 0.25) is 0 Å². The van der Waals surface area contributed by atoms with Gasteiger partial charge in [0, 0.05) is 12.6 Å². The second-order valence-corrected chi connectivity index (χ2v) is 4.57. The maximum Gasteiger partial charge on any atom is 0.194 e. The average Bonchev–Trinajstić information content (AvgIpc) is 2.84. The monoisotopic (exact) mass is 270 g/mol. The van der Waals surface area contributed by atoms with Crippen LogP contribution in [0.2, 0.25) is 0 Å². The molecule has 2 rings (SSSR count). The molecule has 0 saturated heterocycles. The first-order valence-electron chi connectivity index (χ1n) is 5.42. The van der Waals surface area contributed by atoms with Gasteiger partial charge in [0.1, 0.15) is 6.33 Å². The molecular weight excluding hydrogens is 260 g/mol. The number of ketones is 1. The highest BCUT2D eigenvalue weighted by molar-refractivity contribution is 8.02. The molecule has 0 aliphatic heterocycles. The van der Waals surface area contributed by atoms with E-state index in [1.54, 1.807) is 40.6 Å². The zero-order valence-electron chi connectivity index (χ0n) is 10.1. The lowest BCUT2D eigenvalue weighted by atomic mass is 10.1. The first-order chi connectivity index (χ1) is 9.20. The lowest BCUT2D eigenvalue weighted by molar-refractivity contribution is 0.104. The summed E-state index contributed by atoms with van der Waals surface area (Å²) < 4.78 is 1.76. The normalized spacial score (nSPS) is 10.5. The highest BCUT2D eigenvalue weighted by Gasteiger charge is 2.03. The summed E-state index contributed by atoms with van der Waals surface area (Å²) in [6.07, 6.45) is 3.05. The zero-order valence-corrected chi connectivity index (χ0v) is 11.0. The van der Waals surface area contributed by atoms with E-state index in [1.165, 1.54) is 17.8 Å². The molecule has 0 N–H and O–H groups in total. The van der Waals surface area contributed by atoms with Crippen molar-refractivity contribution in [2.24, 2.45) is 7.05 Å². The van der Waals surface area contributed by atoms with Gasteiger partial charge in [0.15, 0.2) is 10.9 Å². The van der Waals surface area contributed by atoms with Gasteiger partial charge in [-0.05, 0) is 23.6 Å². The standard InChI is InChI=1S/C13H10N4OS/c1-17-9-15-16-13(17)19-6-5-12(18)11-4-2-3-10(7-11)8-14/h2-7,9H,1H3/b6-5+. The highest BCUT2D eigenvalue weighted by Crippen LogP contribution is 2.15. The molecule has 94 valence electrons. The number of aromatic nitrogens is 3. The number of aryl methyl sites for hydroxylation is 1. The van der Waals surface area contributed by atoms with Gasteiger partial charge in [-0.15, -0.1) is 10.2 Å². The number of nitriles is 1. The lowest BCUT2D eigenvalue weighted by Crippen LogP contribution is -1.94. The summed E-state index contributed by atoms with van der Waals surface area (Å²) in [6, 6.07) is 8.61. The van der Waals surface area contributed by atoms with Gasteiger partial charge in [-0.3, -0.25) is 4.79 Å². The topological polar surface area (TPSA) is 71.6 Å². The highest BCUT2D eigenvalue weighted by atomic mass is 32.2. The number of nitrogens with zero attached hydrogens (tertiary/aromatic N) is 4. The molecule has 0 atom stereocenters. The van der Waals surface area contributed by atoms with E-state index in [0.29, 0.717) is 16.3 Å². The maximum absolute atomic E-state index is 11.9. The van der Waals surface area contributed by atoms with Crippen molar-refractivity contribution in [1.82, 2.24) is 14.8 Å². The van der Waals surface area contributed by atoms with E-state index in [0.717, 1.165) is 0 Å². The molecule has 1 aromatic heterocycles. The predicted octanol–water partition coefficient (Wildman–Crippen LogP) is 2.18. The number of carbonyl (C=O) groups excluding carboxylic acids is 1. The minimum atomic E-state index is -0.147. The molecule has 0 bridgehead atoms. The molecule has 19 heavy (non-hydrogen) atoms. The van der Waals surface area contributed by atoms with Crippen LogP contribution < -0.4 is 0 Å². The van der Waals surface area contributed by atoms with E-state index < -0.39 is 0 Å². The molecule has 1 heterocycles. The second-order valence-electron chi connectivity index (χ2n) is 3.70. The van der Waals surface area contributed by atoms with E-state index >= 15 is 0 Å². The number of benzene rings is 1. The summed E-state index contributed by atoms with van der Waals surface area (Å²) in [6.45, 7) is 0. The Bertz CT molecular complexity index is 669. The summed E-state index contributed by atoms with van der Waals surface area (Å²) in [5.41, 5.74) is 0.967. The molecule has 0 unspecified atom stereocenters. The SMILES string of the molecule is Cn1cnnc1S/C=C/C(=O)c1cccc(C#N)c1. The number of carbonyl (C=O) groups is 1. The number of allylic oxidation sites excluding steroid dienone is 1. The van der Waals surface area contributed by atoms with E-state index in [9.17, 15) is 4.79 Å². The van der Waals surface area contributed by atoms with Crippen molar-refractivity contribution in [2.75, 3.05) is 0 Å². The molecule has 0 saturated carbocycles. The molecule has 1 aromatic carbocycles. The van der Waals surface area contributed by atoms with Crippen LogP contribution in [0.4, 0.5) is 0 Å². The molecular formula is C13H10N4OS. The molecule has 2 aromatic rings. The largest absolute Gasteiger partial charge is 0.312 e. The summed E-state index contributed by atoms with van der Waals surface area (Å²) in [4.78, 5) is 11.9. The van der Waals surface area contributed by atoms with Crippen LogP contribution in [0.1, 0.15) is 15.9 Å². The third-order valence-electron chi connectivity index (χ3n) is 2.34. The first-order valence-corrected chi connectivity index (χ1v) is 6.30. The van der Waals surface area contributed by atoms with Crippen LogP contribution in [0, 0.1) is 11.3 Å². The lowest BCUT2D eigenvalue weighted by Gasteiger charge is -1.96. The van der Waals surface area contributed by atoms with Crippen LogP contribution in [-0.2, 0) is 7.05 Å². The van der Waals surface area contributed by atoms with Crippen molar-refractivity contribution in [1.29, 1.82) is 5.26 Å². The zero-order chi connectivity index (χ0) is 13.7. The van der Waals surface area contributed by atoms with Gasteiger partial charge in [-0.2, -0.15) is 5.26 Å². The van der Waals surface area contributed by atoms with Crippen molar-refractivity contribution in [2.45, 2.75) is 5.16 Å². The van der Waals surface area contributed by atoms with Crippen molar-refractivity contribution in [3.05, 3.63) is 53.2 Å². The van der Waals surface area contributed by atoms with Crippen molar-refractivity contribution in [3.8, 4) is 6.07 Å². The fourth-order valence-electron chi connectivity index (χ4n) is 1.37. The molecule has 0 spiro atoms. The Morgan fingerprint density at radius 3 is 3.05 bits per heavy atom. The molecule has 5 nitrogen and oxygen atoms in total. The van der Waals surface area contributed by atoms with E-state index in [-0.39, 0.29) is 5.78 Å². The van der Waals surface area contributed by atoms with Gasteiger partial charge in [-0.1, -0.05) is 23.9 Å². The Morgan fingerprint density at radius 1 is 1.53 bits per heavy atom. The Balaban J connectivity index is 2.05. The summed E-state index contributed by atoms with van der Waals surface area (Å²) in [5.74, 6) is -0.147. The first kappa shape index (κ1) is 13.1. The Hall–Kier alpha value is -2.39. The molecule has 0 radical (unpaired) electrons. The fraction of sp³-hybridized carbons (Fsp3) is 0.0769. The number of thioether (sulfide) groups is 1. The summed E-state index contributed by atoms with van der Waals surface area (Å²) >= 11 is 1.31. The molecule has 0 aliphatic carbocycles. The van der Waals surface area contributed by atoms with Crippen LogP contribution in [0.15, 0.2) is 47.2 Å². The van der Waals surface area contributed by atoms with Crippen LogP contribution in [0.5, 0.6) is 0 Å². The molecule has 0 aliphatic rings. The Kier molecular flexibility index (Phi) is 4.11. The van der Waals surface area contributed by atoms with Gasteiger partial charge >= 0.3 is 0 Å². The second kappa shape index (κ2) is 5.98. The van der Waals surface area contributed by atoms with E-state index in [1.807, 2.05) is 13.1 Å². The smallest absolute Gasteiger partial charge is 0.194 e. The van der Waals surface area contributed by atoms with Gasteiger partial charge < -0.3 is 4.57 Å². The van der Waals surface area contributed by atoms with Crippen LogP contribution in [-0.4, -0.2) is 20.5 Å². The van der Waals surface area contributed by atoms with Crippen LogP contribution >= 0.6 is 11.8 Å². The van der Waals surface area contributed by atoms with Gasteiger partial charge in [-0.25, -0.2) is 0 Å². The van der Waals surface area contributed by atoms with Gasteiger partial charge in [0.25, 0.3) is 0 Å². The Morgan fingerprint density at radius 2 is 2.37 bits per heavy atom. The van der Waals surface area contributed by atoms with Crippen LogP contribution in [0.3, 0.4) is 0 Å². The molecule has 0 fully saturated rings. The van der Waals surface area contributed by atoms with E-state index in [4.69, 9.17) is 5.26 Å². The van der Waals surface area contributed by atoms with Crippen LogP contribution in [0.25, 0.3) is 0 Å². The Labute approximate surface area is 114 Å². The summed E-state index contributed by atoms with van der Waals surface area (Å²) in [7, 11) is 1.83. The minimum Gasteiger partial charge on any atom is -0.312 e. The fourth-order valence-corrected chi connectivity index (χ4v) is 2.00. The van der Waals surface area contributed by atoms with Gasteiger partial charge in [0.05, 0.1) is 11.6 Å². The number of rotatable bonds is 4. The maximum atomic E-state index is 11.9. The van der Waals surface area contributed by atoms with Crippen molar-refractivity contribution >= 4 is 17.5 Å². The number of hydrogen-bond donors (Lipinski definition) is 0. The molecule has 6 heteroatoms. The third-order valence-corrected chi connectivity index (χ3v) is 3.19. The quantitative estimate of drug-likeness (QED) is 0.483.